The lowest BCUT2D eigenvalue weighted by Gasteiger charge is -2.20. The Kier molecular flexibility index (Phi) is 3.36. The average molecular weight is 236 g/mol. The van der Waals surface area contributed by atoms with E-state index in [1.165, 1.54) is 12.8 Å². The highest BCUT2D eigenvalue weighted by molar-refractivity contribution is 5.93. The molecule has 0 aromatic carbocycles. The van der Waals surface area contributed by atoms with Gasteiger partial charge in [0, 0.05) is 12.1 Å². The van der Waals surface area contributed by atoms with Crippen LogP contribution in [-0.2, 0) is 0 Å². The molecule has 3 unspecified atom stereocenters. The van der Waals surface area contributed by atoms with E-state index in [1.54, 1.807) is 6.07 Å². The maximum Gasteiger partial charge on any atom is 0.269 e. The summed E-state index contributed by atoms with van der Waals surface area (Å²) in [4.78, 5) is 11.9. The van der Waals surface area contributed by atoms with E-state index in [9.17, 15) is 4.79 Å². The van der Waals surface area contributed by atoms with Gasteiger partial charge in [-0.15, -0.1) is 0 Å². The Morgan fingerprint density at radius 3 is 2.94 bits per heavy atom. The van der Waals surface area contributed by atoms with Crippen LogP contribution in [-0.4, -0.2) is 22.1 Å². The summed E-state index contributed by atoms with van der Waals surface area (Å²) in [5.41, 5.74) is 5.91. The number of hydrogen-bond donors (Lipinski definition) is 3. The van der Waals surface area contributed by atoms with Gasteiger partial charge < -0.3 is 11.1 Å². The fourth-order valence-corrected chi connectivity index (χ4v) is 2.73. The lowest BCUT2D eigenvalue weighted by atomic mass is 9.93. The maximum absolute atomic E-state index is 11.9. The number of rotatable bonds is 3. The van der Waals surface area contributed by atoms with Crippen molar-refractivity contribution in [2.24, 2.45) is 11.8 Å². The summed E-state index contributed by atoms with van der Waals surface area (Å²) in [6.45, 7) is 4.42. The Morgan fingerprint density at radius 2 is 2.41 bits per heavy atom. The van der Waals surface area contributed by atoms with Crippen LogP contribution in [0.3, 0.4) is 0 Å². The molecule has 0 spiro atoms. The van der Waals surface area contributed by atoms with E-state index in [0.29, 0.717) is 17.4 Å². The molecule has 94 valence electrons. The average Bonchev–Trinajstić information content (AvgIpc) is 2.87. The normalized spacial score (nSPS) is 28.2. The van der Waals surface area contributed by atoms with E-state index >= 15 is 0 Å². The van der Waals surface area contributed by atoms with Crippen molar-refractivity contribution in [3.8, 4) is 0 Å². The van der Waals surface area contributed by atoms with Crippen LogP contribution >= 0.6 is 0 Å². The van der Waals surface area contributed by atoms with Crippen LogP contribution in [0.25, 0.3) is 0 Å². The van der Waals surface area contributed by atoms with E-state index in [4.69, 9.17) is 5.73 Å². The fraction of sp³-hybridized carbons (Fsp3) is 0.667. The highest BCUT2D eigenvalue weighted by atomic mass is 16.2. The highest BCUT2D eigenvalue weighted by Gasteiger charge is 2.32. The van der Waals surface area contributed by atoms with Crippen LogP contribution in [0, 0.1) is 11.8 Å². The Bertz CT molecular complexity index is 401. The van der Waals surface area contributed by atoms with Crippen LogP contribution in [0.1, 0.15) is 43.6 Å². The van der Waals surface area contributed by atoms with Gasteiger partial charge in [0.25, 0.3) is 5.91 Å². The van der Waals surface area contributed by atoms with E-state index < -0.39 is 0 Å². The summed E-state index contributed by atoms with van der Waals surface area (Å²) in [5, 5.41) is 9.44. The first-order valence-corrected chi connectivity index (χ1v) is 6.23. The molecule has 1 aromatic heterocycles. The molecule has 0 aliphatic heterocycles. The van der Waals surface area contributed by atoms with E-state index in [1.807, 2.05) is 0 Å². The number of nitrogens with two attached hydrogens (primary N) is 1. The van der Waals surface area contributed by atoms with Crippen LogP contribution in [0.5, 0.6) is 0 Å². The first-order valence-electron chi connectivity index (χ1n) is 6.23. The van der Waals surface area contributed by atoms with Crippen molar-refractivity contribution < 1.29 is 4.79 Å². The number of hydrogen-bond acceptors (Lipinski definition) is 3. The topological polar surface area (TPSA) is 83.8 Å². The number of aromatic amines is 1. The van der Waals surface area contributed by atoms with Crippen molar-refractivity contribution in [3.05, 3.63) is 11.8 Å². The molecule has 0 saturated heterocycles. The zero-order valence-corrected chi connectivity index (χ0v) is 10.4. The Labute approximate surface area is 101 Å². The van der Waals surface area contributed by atoms with Crippen LogP contribution in [0.4, 0.5) is 5.82 Å². The van der Waals surface area contributed by atoms with Crippen LogP contribution in [0.2, 0.25) is 0 Å². The Balaban J connectivity index is 1.96. The molecule has 4 N–H and O–H groups in total. The summed E-state index contributed by atoms with van der Waals surface area (Å²) in [7, 11) is 0. The Hall–Kier alpha value is -1.52. The van der Waals surface area contributed by atoms with Gasteiger partial charge in [-0.05, 0) is 24.7 Å². The molecule has 17 heavy (non-hydrogen) atoms. The summed E-state index contributed by atoms with van der Waals surface area (Å²) >= 11 is 0. The maximum atomic E-state index is 11.9. The highest BCUT2D eigenvalue weighted by Crippen LogP contribution is 2.33. The first-order chi connectivity index (χ1) is 8.11. The molecule has 1 heterocycles. The third kappa shape index (κ3) is 2.43. The molecule has 0 radical (unpaired) electrons. The monoisotopic (exact) mass is 236 g/mol. The molecule has 5 nitrogen and oxygen atoms in total. The van der Waals surface area contributed by atoms with E-state index in [0.717, 1.165) is 12.3 Å². The van der Waals surface area contributed by atoms with Gasteiger partial charge in [-0.3, -0.25) is 9.89 Å². The molecule has 1 aromatic rings. The molecule has 1 aliphatic carbocycles. The zero-order chi connectivity index (χ0) is 12.4. The van der Waals surface area contributed by atoms with Gasteiger partial charge in [0.15, 0.2) is 0 Å². The SMILES string of the molecule is CCC1CCC(NC(=O)c2cc(N)n[nH]2)C1C. The fourth-order valence-electron chi connectivity index (χ4n) is 2.73. The molecule has 2 rings (SSSR count). The number of aromatic nitrogens is 2. The molecule has 1 amide bonds. The molecule has 5 heteroatoms. The second-order valence-corrected chi connectivity index (χ2v) is 4.89. The first kappa shape index (κ1) is 12.0. The van der Waals surface area contributed by atoms with Gasteiger partial charge >= 0.3 is 0 Å². The molecule has 1 saturated carbocycles. The minimum absolute atomic E-state index is 0.109. The van der Waals surface area contributed by atoms with Crippen molar-refractivity contribution in [2.75, 3.05) is 5.73 Å². The molecular formula is C12H20N4O. The lowest BCUT2D eigenvalue weighted by molar-refractivity contribution is 0.0921. The third-order valence-corrected chi connectivity index (χ3v) is 3.91. The van der Waals surface area contributed by atoms with Crippen molar-refractivity contribution >= 4 is 11.7 Å². The predicted octanol–water partition coefficient (Wildman–Crippen LogP) is 1.55. The van der Waals surface area contributed by atoms with E-state index in [-0.39, 0.29) is 11.9 Å². The smallest absolute Gasteiger partial charge is 0.269 e. The zero-order valence-electron chi connectivity index (χ0n) is 10.4. The van der Waals surface area contributed by atoms with Gasteiger partial charge in [0.05, 0.1) is 0 Å². The number of nitrogens with one attached hydrogen (secondary N) is 2. The standard InChI is InChI=1S/C12H20N4O/c1-3-8-4-5-9(7(8)2)14-12(17)10-6-11(13)16-15-10/h6-9H,3-5H2,1-2H3,(H,14,17)(H3,13,15,16). The summed E-state index contributed by atoms with van der Waals surface area (Å²) in [6, 6.07) is 1.84. The van der Waals surface area contributed by atoms with Gasteiger partial charge in [0.1, 0.15) is 11.5 Å². The van der Waals surface area contributed by atoms with Gasteiger partial charge in [-0.1, -0.05) is 20.3 Å². The summed E-state index contributed by atoms with van der Waals surface area (Å²) in [5.74, 6) is 1.51. The minimum atomic E-state index is -0.109. The predicted molar refractivity (Wildman–Crippen MR) is 66.4 cm³/mol. The summed E-state index contributed by atoms with van der Waals surface area (Å²) < 4.78 is 0. The summed E-state index contributed by atoms with van der Waals surface area (Å²) in [6.07, 6.45) is 3.45. The number of nitrogen functional groups attached to an aromatic ring is 1. The number of carbonyl (C=O) groups excluding carboxylic acids is 1. The quantitative estimate of drug-likeness (QED) is 0.744. The third-order valence-electron chi connectivity index (χ3n) is 3.91. The second-order valence-electron chi connectivity index (χ2n) is 4.89. The molecule has 1 aliphatic rings. The van der Waals surface area contributed by atoms with E-state index in [2.05, 4.69) is 29.4 Å². The molecule has 3 atom stereocenters. The van der Waals surface area contributed by atoms with Crippen LogP contribution < -0.4 is 11.1 Å². The number of anilines is 1. The minimum Gasteiger partial charge on any atom is -0.382 e. The van der Waals surface area contributed by atoms with Crippen molar-refractivity contribution in [1.29, 1.82) is 0 Å². The van der Waals surface area contributed by atoms with Crippen molar-refractivity contribution in [2.45, 2.75) is 39.2 Å². The number of nitrogens with zero attached hydrogens (tertiary/aromatic N) is 1. The largest absolute Gasteiger partial charge is 0.382 e. The van der Waals surface area contributed by atoms with Gasteiger partial charge in [0.2, 0.25) is 0 Å². The molecule has 1 fully saturated rings. The second kappa shape index (κ2) is 4.77. The van der Waals surface area contributed by atoms with Crippen molar-refractivity contribution in [3.63, 3.8) is 0 Å². The number of H-pyrrole nitrogens is 1. The molecular weight excluding hydrogens is 216 g/mol. The lowest BCUT2D eigenvalue weighted by Crippen LogP contribution is -2.37. The molecule has 0 bridgehead atoms. The van der Waals surface area contributed by atoms with Crippen molar-refractivity contribution in [1.82, 2.24) is 15.5 Å². The van der Waals surface area contributed by atoms with Gasteiger partial charge in [-0.25, -0.2) is 0 Å². The number of carbonyl (C=O) groups is 1. The Morgan fingerprint density at radius 1 is 1.65 bits per heavy atom. The number of amides is 1. The van der Waals surface area contributed by atoms with Gasteiger partial charge in [-0.2, -0.15) is 5.10 Å². The van der Waals surface area contributed by atoms with Crippen LogP contribution in [0.15, 0.2) is 6.07 Å².